The van der Waals surface area contributed by atoms with Crippen LogP contribution in [0.25, 0.3) is 5.69 Å². The van der Waals surface area contributed by atoms with E-state index in [4.69, 9.17) is 9.47 Å². The molecule has 27 heavy (non-hydrogen) atoms. The number of methoxy groups -OCH3 is 2. The molecule has 6 heteroatoms. The molecule has 0 fully saturated rings. The summed E-state index contributed by atoms with van der Waals surface area (Å²) >= 11 is 0. The van der Waals surface area contributed by atoms with Crippen LogP contribution in [0.1, 0.15) is 21.5 Å². The van der Waals surface area contributed by atoms with Crippen molar-refractivity contribution in [1.82, 2.24) is 14.7 Å². The zero-order valence-corrected chi connectivity index (χ0v) is 15.4. The third-order valence-corrected chi connectivity index (χ3v) is 4.87. The Hall–Kier alpha value is -3.28. The normalized spacial score (nSPS) is 13.2. The Morgan fingerprint density at radius 3 is 2.52 bits per heavy atom. The molecule has 2 aromatic carbocycles. The summed E-state index contributed by atoms with van der Waals surface area (Å²) in [5.74, 6) is 1.43. The van der Waals surface area contributed by atoms with Crippen molar-refractivity contribution in [3.63, 3.8) is 0 Å². The van der Waals surface area contributed by atoms with E-state index in [0.29, 0.717) is 24.4 Å². The van der Waals surface area contributed by atoms with Crippen LogP contribution >= 0.6 is 0 Å². The van der Waals surface area contributed by atoms with Gasteiger partial charge in [0.05, 0.1) is 19.9 Å². The zero-order valence-electron chi connectivity index (χ0n) is 15.4. The van der Waals surface area contributed by atoms with Crippen LogP contribution in [0.15, 0.2) is 54.9 Å². The van der Waals surface area contributed by atoms with Gasteiger partial charge in [0.2, 0.25) is 0 Å². The van der Waals surface area contributed by atoms with Gasteiger partial charge in [-0.05, 0) is 53.9 Å². The van der Waals surface area contributed by atoms with Crippen molar-refractivity contribution in [1.29, 1.82) is 0 Å². The monoisotopic (exact) mass is 363 g/mol. The second-order valence-electron chi connectivity index (χ2n) is 6.45. The first-order chi connectivity index (χ1) is 13.2. The number of hydrogen-bond acceptors (Lipinski definition) is 4. The van der Waals surface area contributed by atoms with Gasteiger partial charge >= 0.3 is 0 Å². The fourth-order valence-corrected chi connectivity index (χ4v) is 3.44. The molecule has 1 aromatic heterocycles. The summed E-state index contributed by atoms with van der Waals surface area (Å²) in [6, 6.07) is 13.4. The number of nitrogens with zero attached hydrogens (tertiary/aromatic N) is 3. The first-order valence-corrected chi connectivity index (χ1v) is 8.82. The molecular formula is C21H21N3O3. The van der Waals surface area contributed by atoms with Gasteiger partial charge in [0.15, 0.2) is 11.5 Å². The molecule has 0 saturated carbocycles. The number of amides is 1. The van der Waals surface area contributed by atoms with Gasteiger partial charge in [0.1, 0.15) is 0 Å². The number of aromatic nitrogens is 2. The number of ether oxygens (including phenoxy) is 2. The van der Waals surface area contributed by atoms with Gasteiger partial charge in [-0.3, -0.25) is 4.79 Å². The fraction of sp³-hybridized carbons (Fsp3) is 0.238. The van der Waals surface area contributed by atoms with E-state index in [1.165, 1.54) is 5.56 Å². The summed E-state index contributed by atoms with van der Waals surface area (Å²) in [6.07, 6.45) is 4.37. The lowest BCUT2D eigenvalue weighted by Crippen LogP contribution is -2.36. The molecular weight excluding hydrogens is 342 g/mol. The minimum absolute atomic E-state index is 0.0180. The van der Waals surface area contributed by atoms with Crippen LogP contribution in [0.4, 0.5) is 0 Å². The molecule has 1 amide bonds. The maximum absolute atomic E-state index is 13.0. The summed E-state index contributed by atoms with van der Waals surface area (Å²) in [7, 11) is 3.26. The highest BCUT2D eigenvalue weighted by molar-refractivity contribution is 5.95. The number of carbonyl (C=O) groups is 1. The molecule has 4 rings (SSSR count). The summed E-state index contributed by atoms with van der Waals surface area (Å²) in [5, 5.41) is 4.23. The molecule has 2 heterocycles. The topological polar surface area (TPSA) is 56.6 Å². The highest BCUT2D eigenvalue weighted by Gasteiger charge is 2.24. The van der Waals surface area contributed by atoms with Gasteiger partial charge in [-0.15, -0.1) is 0 Å². The molecule has 0 bridgehead atoms. The third kappa shape index (κ3) is 3.26. The van der Waals surface area contributed by atoms with Crippen LogP contribution in [0, 0.1) is 0 Å². The van der Waals surface area contributed by atoms with Crippen molar-refractivity contribution in [3.05, 3.63) is 71.5 Å². The highest BCUT2D eigenvalue weighted by atomic mass is 16.5. The van der Waals surface area contributed by atoms with E-state index < -0.39 is 0 Å². The first-order valence-electron chi connectivity index (χ1n) is 8.82. The third-order valence-electron chi connectivity index (χ3n) is 4.87. The van der Waals surface area contributed by atoms with E-state index in [-0.39, 0.29) is 5.91 Å². The molecule has 0 radical (unpaired) electrons. The highest BCUT2D eigenvalue weighted by Crippen LogP contribution is 2.33. The predicted molar refractivity (Wildman–Crippen MR) is 102 cm³/mol. The molecule has 0 unspecified atom stereocenters. The van der Waals surface area contributed by atoms with Gasteiger partial charge in [-0.1, -0.05) is 6.07 Å². The number of benzene rings is 2. The molecule has 0 aliphatic carbocycles. The van der Waals surface area contributed by atoms with Crippen molar-refractivity contribution >= 4 is 5.91 Å². The van der Waals surface area contributed by atoms with E-state index in [9.17, 15) is 4.79 Å². The Labute approximate surface area is 157 Å². The average molecular weight is 363 g/mol. The fourth-order valence-electron chi connectivity index (χ4n) is 3.44. The Morgan fingerprint density at radius 2 is 1.81 bits per heavy atom. The largest absolute Gasteiger partial charge is 0.493 e. The van der Waals surface area contributed by atoms with Crippen LogP contribution in [-0.4, -0.2) is 41.4 Å². The van der Waals surface area contributed by atoms with Crippen molar-refractivity contribution in [2.75, 3.05) is 20.8 Å². The predicted octanol–water partition coefficient (Wildman–Crippen LogP) is 3.09. The number of hydrogen-bond donors (Lipinski definition) is 0. The number of carbonyl (C=O) groups excluding carboxylic acids is 1. The molecule has 0 atom stereocenters. The van der Waals surface area contributed by atoms with Crippen LogP contribution in [0.2, 0.25) is 0 Å². The second kappa shape index (κ2) is 7.15. The van der Waals surface area contributed by atoms with Crippen molar-refractivity contribution < 1.29 is 14.3 Å². The second-order valence-corrected chi connectivity index (χ2v) is 6.45. The van der Waals surface area contributed by atoms with Crippen molar-refractivity contribution in [3.8, 4) is 17.2 Å². The lowest BCUT2D eigenvalue weighted by molar-refractivity contribution is 0.0734. The van der Waals surface area contributed by atoms with Crippen LogP contribution < -0.4 is 9.47 Å². The SMILES string of the molecule is COc1cc2c(cc1OC)CN(C(=O)c1cccc(-n3cccn3)c1)CC2. The smallest absolute Gasteiger partial charge is 0.254 e. The maximum atomic E-state index is 13.0. The lowest BCUT2D eigenvalue weighted by Gasteiger charge is -2.29. The van der Waals surface area contributed by atoms with Gasteiger partial charge in [0, 0.05) is 31.0 Å². The summed E-state index contributed by atoms with van der Waals surface area (Å²) < 4.78 is 12.5. The van der Waals surface area contributed by atoms with E-state index in [1.54, 1.807) is 25.1 Å². The van der Waals surface area contributed by atoms with Gasteiger partial charge in [0.25, 0.3) is 5.91 Å². The standard InChI is InChI=1S/C21H21N3O3/c1-26-19-12-15-7-10-23(14-17(15)13-20(19)27-2)21(25)16-5-3-6-18(11-16)24-9-4-8-22-24/h3-6,8-9,11-13H,7,10,14H2,1-2H3. The Bertz CT molecular complexity index is 967. The quantitative estimate of drug-likeness (QED) is 0.715. The molecule has 6 nitrogen and oxygen atoms in total. The van der Waals surface area contributed by atoms with E-state index in [1.807, 2.05) is 53.6 Å². The van der Waals surface area contributed by atoms with Gasteiger partial charge < -0.3 is 14.4 Å². The Kier molecular flexibility index (Phi) is 4.54. The van der Waals surface area contributed by atoms with E-state index in [2.05, 4.69) is 5.10 Å². The van der Waals surface area contributed by atoms with Crippen LogP contribution in [0.5, 0.6) is 11.5 Å². The zero-order chi connectivity index (χ0) is 18.8. The molecule has 3 aromatic rings. The van der Waals surface area contributed by atoms with Gasteiger partial charge in [-0.2, -0.15) is 5.10 Å². The van der Waals surface area contributed by atoms with E-state index >= 15 is 0 Å². The molecule has 0 N–H and O–H groups in total. The first kappa shape index (κ1) is 17.1. The summed E-state index contributed by atoms with van der Waals surface area (Å²) in [6.45, 7) is 1.23. The maximum Gasteiger partial charge on any atom is 0.254 e. The Morgan fingerprint density at radius 1 is 1.04 bits per heavy atom. The number of fused-ring (bicyclic) bond motifs is 1. The molecule has 138 valence electrons. The van der Waals surface area contributed by atoms with Crippen molar-refractivity contribution in [2.45, 2.75) is 13.0 Å². The Balaban J connectivity index is 1.59. The van der Waals surface area contributed by atoms with E-state index in [0.717, 1.165) is 23.4 Å². The molecule has 1 aliphatic heterocycles. The molecule has 1 aliphatic rings. The summed E-state index contributed by atoms with van der Waals surface area (Å²) in [4.78, 5) is 14.9. The minimum atomic E-state index is 0.0180. The average Bonchev–Trinajstić information content (AvgIpc) is 3.26. The van der Waals surface area contributed by atoms with Gasteiger partial charge in [-0.25, -0.2) is 4.68 Å². The molecule has 0 spiro atoms. The number of rotatable bonds is 4. The molecule has 0 saturated heterocycles. The van der Waals surface area contributed by atoms with Crippen molar-refractivity contribution in [2.24, 2.45) is 0 Å². The van der Waals surface area contributed by atoms with Crippen LogP contribution in [0.3, 0.4) is 0 Å². The summed E-state index contributed by atoms with van der Waals surface area (Å²) in [5.41, 5.74) is 3.82. The van der Waals surface area contributed by atoms with Crippen LogP contribution in [-0.2, 0) is 13.0 Å². The minimum Gasteiger partial charge on any atom is -0.493 e. The lowest BCUT2D eigenvalue weighted by atomic mass is 9.98.